The average Bonchev–Trinajstić information content (AvgIpc) is 3.60. The Morgan fingerprint density at radius 1 is 0.617 bits per heavy atom. The van der Waals surface area contributed by atoms with Gasteiger partial charge < -0.3 is 30.7 Å². The van der Waals surface area contributed by atoms with Crippen LogP contribution in [-0.2, 0) is 33.4 Å². The summed E-state index contributed by atoms with van der Waals surface area (Å²) in [7, 11) is 1.21. The molecule has 0 spiro atoms. The first kappa shape index (κ1) is 43.2. The standard InChI is InChI=1S/C48H50N4O7S/c1-31(2)43(46(56)49-28-42(53)58-4)52-45(55)41(30-60-48(33-18-8-5-9-19-33,34-20-10-6-11-21-34)35-22-12-7-13-23-35)51-44(54)32(3)50-47(57)59-29-40-38-26-16-14-24-36(38)37-25-15-17-27-39(37)40/h5-27,31-32,40-41,43H,28-30H2,1-4H3,(H,49,56)(H,50,57)(H,51,54)(H,52,55). The molecule has 5 aromatic rings. The zero-order valence-electron chi connectivity index (χ0n) is 34.1. The fraction of sp³-hybridized carbons (Fsp3) is 0.271. The number of thioether (sulfide) groups is 1. The zero-order chi connectivity index (χ0) is 42.6. The molecule has 1 aliphatic carbocycles. The predicted octanol–water partition coefficient (Wildman–Crippen LogP) is 6.55. The third-order valence-electron chi connectivity index (χ3n) is 10.6. The molecule has 4 amide bonds. The number of hydrogen-bond acceptors (Lipinski definition) is 8. The van der Waals surface area contributed by atoms with Crippen molar-refractivity contribution in [1.82, 2.24) is 21.3 Å². The van der Waals surface area contributed by atoms with Crippen LogP contribution in [0.25, 0.3) is 11.1 Å². The maximum Gasteiger partial charge on any atom is 0.407 e. The molecule has 0 aromatic heterocycles. The molecule has 0 heterocycles. The van der Waals surface area contributed by atoms with Gasteiger partial charge in [0.15, 0.2) is 0 Å². The quantitative estimate of drug-likeness (QED) is 0.0609. The third-order valence-corrected chi connectivity index (χ3v) is 12.2. The number of rotatable bonds is 17. The topological polar surface area (TPSA) is 152 Å². The van der Waals surface area contributed by atoms with Crippen molar-refractivity contribution >= 4 is 41.5 Å². The van der Waals surface area contributed by atoms with Crippen molar-refractivity contribution in [2.45, 2.75) is 49.6 Å². The van der Waals surface area contributed by atoms with E-state index in [0.29, 0.717) is 0 Å². The Morgan fingerprint density at radius 3 is 1.58 bits per heavy atom. The van der Waals surface area contributed by atoms with Gasteiger partial charge in [-0.3, -0.25) is 19.2 Å². The van der Waals surface area contributed by atoms with Crippen LogP contribution in [-0.4, -0.2) is 73.9 Å². The summed E-state index contributed by atoms with van der Waals surface area (Å²) < 4.78 is 9.54. The van der Waals surface area contributed by atoms with E-state index < -0.39 is 52.7 Å². The van der Waals surface area contributed by atoms with E-state index in [2.05, 4.69) is 26.0 Å². The number of hydrogen-bond donors (Lipinski definition) is 4. The number of amides is 4. The Hall–Kier alpha value is -6.40. The molecule has 1 aliphatic rings. The van der Waals surface area contributed by atoms with Crippen LogP contribution < -0.4 is 21.3 Å². The van der Waals surface area contributed by atoms with Gasteiger partial charge in [-0.1, -0.05) is 153 Å². The Kier molecular flexibility index (Phi) is 14.4. The van der Waals surface area contributed by atoms with Gasteiger partial charge >= 0.3 is 12.1 Å². The van der Waals surface area contributed by atoms with Crippen molar-refractivity contribution in [1.29, 1.82) is 0 Å². The maximum absolute atomic E-state index is 14.4. The second-order valence-electron chi connectivity index (χ2n) is 14.9. The molecule has 60 heavy (non-hydrogen) atoms. The number of nitrogens with one attached hydrogen (secondary N) is 4. The molecule has 12 heteroatoms. The summed E-state index contributed by atoms with van der Waals surface area (Å²) in [6, 6.07) is 42.4. The van der Waals surface area contributed by atoms with E-state index in [0.717, 1.165) is 38.9 Å². The van der Waals surface area contributed by atoms with E-state index in [4.69, 9.17) is 4.74 Å². The van der Waals surface area contributed by atoms with Gasteiger partial charge in [0.25, 0.3) is 0 Å². The van der Waals surface area contributed by atoms with Crippen LogP contribution in [0.1, 0.15) is 54.5 Å². The zero-order valence-corrected chi connectivity index (χ0v) is 34.9. The highest BCUT2D eigenvalue weighted by molar-refractivity contribution is 8.00. The van der Waals surface area contributed by atoms with Crippen LogP contribution >= 0.6 is 11.8 Å². The number of alkyl carbamates (subject to hydrolysis) is 1. The largest absolute Gasteiger partial charge is 0.468 e. The lowest BCUT2D eigenvalue weighted by molar-refractivity contribution is -0.141. The molecule has 4 N–H and O–H groups in total. The van der Waals surface area contributed by atoms with Gasteiger partial charge in [-0.25, -0.2) is 4.79 Å². The summed E-state index contributed by atoms with van der Waals surface area (Å²) in [6.45, 7) is 4.72. The number of carbonyl (C=O) groups is 5. The molecule has 6 rings (SSSR count). The number of fused-ring (bicyclic) bond motifs is 3. The lowest BCUT2D eigenvalue weighted by atomic mass is 9.84. The van der Waals surface area contributed by atoms with Crippen LogP contribution in [0.15, 0.2) is 140 Å². The van der Waals surface area contributed by atoms with Crippen LogP contribution in [0, 0.1) is 5.92 Å². The minimum atomic E-state index is -1.19. The molecule has 0 radical (unpaired) electrons. The minimum Gasteiger partial charge on any atom is -0.468 e. The number of benzene rings is 5. The van der Waals surface area contributed by atoms with Crippen molar-refractivity contribution in [3.8, 4) is 11.1 Å². The Bertz CT molecular complexity index is 2130. The van der Waals surface area contributed by atoms with Crippen LogP contribution in [0.3, 0.4) is 0 Å². The predicted molar refractivity (Wildman–Crippen MR) is 233 cm³/mol. The van der Waals surface area contributed by atoms with Crippen molar-refractivity contribution < 1.29 is 33.4 Å². The second kappa shape index (κ2) is 20.0. The first-order chi connectivity index (χ1) is 29.0. The molecule has 5 aromatic carbocycles. The molecule has 0 bridgehead atoms. The molecule has 11 nitrogen and oxygen atoms in total. The highest BCUT2D eigenvalue weighted by atomic mass is 32.2. The van der Waals surface area contributed by atoms with E-state index >= 15 is 0 Å². The monoisotopic (exact) mass is 826 g/mol. The normalized spacial score (nSPS) is 13.5. The summed E-state index contributed by atoms with van der Waals surface area (Å²) in [6.07, 6.45) is -0.784. The van der Waals surface area contributed by atoms with Gasteiger partial charge in [0.2, 0.25) is 17.7 Å². The van der Waals surface area contributed by atoms with Crippen molar-refractivity contribution in [3.05, 3.63) is 167 Å². The number of carbonyl (C=O) groups excluding carboxylic acids is 5. The average molecular weight is 827 g/mol. The highest BCUT2D eigenvalue weighted by Crippen LogP contribution is 2.49. The fourth-order valence-electron chi connectivity index (χ4n) is 7.47. The van der Waals surface area contributed by atoms with Gasteiger partial charge in [0.05, 0.1) is 11.9 Å². The molecule has 3 unspecified atom stereocenters. The van der Waals surface area contributed by atoms with Gasteiger partial charge in [0.1, 0.15) is 31.3 Å². The van der Waals surface area contributed by atoms with Gasteiger partial charge in [-0.2, -0.15) is 0 Å². The summed E-state index contributed by atoms with van der Waals surface area (Å²) >= 11 is 1.46. The molecule has 0 fully saturated rings. The first-order valence-electron chi connectivity index (χ1n) is 19.9. The molecule has 310 valence electrons. The fourth-order valence-corrected chi connectivity index (χ4v) is 9.03. The van der Waals surface area contributed by atoms with Gasteiger partial charge in [0, 0.05) is 11.7 Å². The Labute approximate surface area is 355 Å². The van der Waals surface area contributed by atoms with E-state index in [1.54, 1.807) is 13.8 Å². The highest BCUT2D eigenvalue weighted by Gasteiger charge is 2.40. The lowest BCUT2D eigenvalue weighted by Gasteiger charge is -2.37. The SMILES string of the molecule is COC(=O)CNC(=O)C(NC(=O)C(CSC(c1ccccc1)(c1ccccc1)c1ccccc1)NC(=O)C(C)NC(=O)OCC1c2ccccc2-c2ccccc21)C(C)C. The third kappa shape index (κ3) is 9.89. The Morgan fingerprint density at radius 2 is 1.10 bits per heavy atom. The Balaban J connectivity index is 1.24. The van der Waals surface area contributed by atoms with Crippen molar-refractivity contribution in [3.63, 3.8) is 0 Å². The first-order valence-corrected chi connectivity index (χ1v) is 20.9. The number of methoxy groups -OCH3 is 1. The summed E-state index contributed by atoms with van der Waals surface area (Å²) in [5.74, 6) is -3.00. The smallest absolute Gasteiger partial charge is 0.407 e. The summed E-state index contributed by atoms with van der Waals surface area (Å²) in [5, 5.41) is 10.8. The maximum atomic E-state index is 14.4. The second-order valence-corrected chi connectivity index (χ2v) is 16.1. The number of esters is 1. The minimum absolute atomic E-state index is 0.0442. The van der Waals surface area contributed by atoms with Crippen molar-refractivity contribution in [2.24, 2.45) is 5.92 Å². The lowest BCUT2D eigenvalue weighted by Crippen LogP contribution is -2.58. The van der Waals surface area contributed by atoms with Crippen LogP contribution in [0.2, 0.25) is 0 Å². The molecule has 0 aliphatic heterocycles. The molecular formula is C48H50N4O7S. The molecule has 0 saturated heterocycles. The molecule has 3 atom stereocenters. The van der Waals surface area contributed by atoms with Crippen LogP contribution in [0.4, 0.5) is 4.79 Å². The van der Waals surface area contributed by atoms with Gasteiger partial charge in [-0.15, -0.1) is 11.8 Å². The molecular weight excluding hydrogens is 777 g/mol. The van der Waals surface area contributed by atoms with Gasteiger partial charge in [-0.05, 0) is 51.8 Å². The van der Waals surface area contributed by atoms with E-state index in [9.17, 15) is 24.0 Å². The van der Waals surface area contributed by atoms with E-state index in [-0.39, 0.29) is 30.7 Å². The van der Waals surface area contributed by atoms with E-state index in [1.807, 2.05) is 140 Å². The van der Waals surface area contributed by atoms with Crippen molar-refractivity contribution in [2.75, 3.05) is 26.0 Å². The molecule has 0 saturated carbocycles. The van der Waals surface area contributed by atoms with E-state index in [1.165, 1.54) is 25.8 Å². The summed E-state index contributed by atoms with van der Waals surface area (Å²) in [5.41, 5.74) is 7.14. The summed E-state index contributed by atoms with van der Waals surface area (Å²) in [4.78, 5) is 66.7. The number of ether oxygens (including phenoxy) is 2. The van der Waals surface area contributed by atoms with Crippen LogP contribution in [0.5, 0.6) is 0 Å².